The smallest absolute Gasteiger partial charge is 0.333 e. The molecule has 0 bridgehead atoms. The zero-order chi connectivity index (χ0) is 21.2. The summed E-state index contributed by atoms with van der Waals surface area (Å²) < 4.78 is 0. The molecule has 3 fully saturated rings. The lowest BCUT2D eigenvalue weighted by Gasteiger charge is -2.42. The van der Waals surface area contributed by atoms with E-state index >= 15 is 0 Å². The molecule has 4 amide bonds. The number of urea groups is 2. The summed E-state index contributed by atoms with van der Waals surface area (Å²) in [6, 6.07) is -0.337. The van der Waals surface area contributed by atoms with Gasteiger partial charge in [0.2, 0.25) is 0 Å². The Bertz CT molecular complexity index is 583. The van der Waals surface area contributed by atoms with E-state index in [0.717, 1.165) is 56.4 Å². The molecular weight excluding hydrogens is 368 g/mol. The Morgan fingerprint density at radius 3 is 2.21 bits per heavy atom. The summed E-state index contributed by atoms with van der Waals surface area (Å²) in [5.74, 6) is 0.313. The lowest BCUT2D eigenvalue weighted by Crippen LogP contribution is -2.61. The van der Waals surface area contributed by atoms with Crippen LogP contribution in [-0.2, 0) is 0 Å². The van der Waals surface area contributed by atoms with E-state index in [1.54, 1.807) is 0 Å². The van der Waals surface area contributed by atoms with Gasteiger partial charge in [0.15, 0.2) is 6.17 Å². The van der Waals surface area contributed by atoms with Crippen LogP contribution >= 0.6 is 0 Å². The molecule has 2 saturated carbocycles. The summed E-state index contributed by atoms with van der Waals surface area (Å²) in [5.41, 5.74) is -0.669. The maximum atomic E-state index is 13.5. The number of nitrogens with zero attached hydrogens (tertiary/aromatic N) is 3. The molecule has 0 aromatic carbocycles. The number of hydroxylamine groups is 2. The van der Waals surface area contributed by atoms with E-state index in [4.69, 9.17) is 0 Å². The number of amides is 4. The molecule has 1 atom stereocenters. The van der Waals surface area contributed by atoms with Crippen LogP contribution in [0.3, 0.4) is 0 Å². The first-order chi connectivity index (χ1) is 13.7. The van der Waals surface area contributed by atoms with Crippen molar-refractivity contribution in [3.05, 3.63) is 0 Å². The van der Waals surface area contributed by atoms with Gasteiger partial charge in [-0.1, -0.05) is 52.4 Å². The summed E-state index contributed by atoms with van der Waals surface area (Å²) in [7, 11) is 0. The molecular formula is C22H40N4O3. The first-order valence-electron chi connectivity index (χ1n) is 11.6. The fraction of sp³-hybridized carbons (Fsp3) is 0.909. The van der Waals surface area contributed by atoms with Gasteiger partial charge >= 0.3 is 12.1 Å². The van der Waals surface area contributed by atoms with Gasteiger partial charge in [0, 0.05) is 18.6 Å². The fourth-order valence-electron chi connectivity index (χ4n) is 5.38. The third-order valence-corrected chi connectivity index (χ3v) is 6.93. The molecule has 1 unspecified atom stereocenters. The van der Waals surface area contributed by atoms with Crippen molar-refractivity contribution in [2.75, 3.05) is 6.54 Å². The van der Waals surface area contributed by atoms with Gasteiger partial charge < -0.3 is 10.2 Å². The first kappa shape index (κ1) is 22.2. The minimum atomic E-state index is -0.680. The monoisotopic (exact) mass is 408 g/mol. The van der Waals surface area contributed by atoms with E-state index in [0.29, 0.717) is 12.5 Å². The molecule has 29 heavy (non-hydrogen) atoms. The van der Waals surface area contributed by atoms with Crippen LogP contribution in [0, 0.1) is 5.92 Å². The lowest BCUT2D eigenvalue weighted by molar-refractivity contribution is -0.141. The van der Waals surface area contributed by atoms with Crippen molar-refractivity contribution in [1.82, 2.24) is 20.2 Å². The van der Waals surface area contributed by atoms with Crippen molar-refractivity contribution in [2.24, 2.45) is 5.92 Å². The summed E-state index contributed by atoms with van der Waals surface area (Å²) in [6.07, 6.45) is 9.90. The van der Waals surface area contributed by atoms with Gasteiger partial charge in [0.1, 0.15) is 0 Å². The molecule has 3 aliphatic rings. The van der Waals surface area contributed by atoms with Crippen molar-refractivity contribution in [1.29, 1.82) is 0 Å². The molecule has 7 heteroatoms. The molecule has 1 saturated heterocycles. The Labute approximate surface area is 175 Å². The second kappa shape index (κ2) is 9.11. The van der Waals surface area contributed by atoms with Gasteiger partial charge in [-0.25, -0.2) is 9.59 Å². The highest BCUT2D eigenvalue weighted by molar-refractivity contribution is 5.81. The average Bonchev–Trinajstić information content (AvgIpc) is 2.88. The number of nitrogens with one attached hydrogen (secondary N) is 1. The second-order valence-corrected chi connectivity index (χ2v) is 10.1. The summed E-state index contributed by atoms with van der Waals surface area (Å²) >= 11 is 0. The molecule has 7 nitrogen and oxygen atoms in total. The van der Waals surface area contributed by atoms with Crippen molar-refractivity contribution >= 4 is 12.1 Å². The highest BCUT2D eigenvalue weighted by atomic mass is 16.5. The van der Waals surface area contributed by atoms with Gasteiger partial charge in [-0.15, -0.1) is 0 Å². The van der Waals surface area contributed by atoms with Crippen LogP contribution in [0.5, 0.6) is 0 Å². The largest absolute Gasteiger partial charge is 0.343 e. The van der Waals surface area contributed by atoms with E-state index in [2.05, 4.69) is 19.2 Å². The number of carbonyl (C=O) groups excluding carboxylic acids is 2. The topological polar surface area (TPSA) is 76.1 Å². The standard InChI is InChI=1S/C22H40N4O3/c1-16(2)15-24-21(28)25(18-13-9-6-10-14-18)19(22(24,3)4)26(29)20(27)23-17-11-7-5-8-12-17/h16-19,29H,5-15H2,1-4H3,(H,23,27). The highest BCUT2D eigenvalue weighted by Gasteiger charge is 2.57. The quantitative estimate of drug-likeness (QED) is 0.517. The third kappa shape index (κ3) is 4.65. The number of hydrogen-bond acceptors (Lipinski definition) is 3. The second-order valence-electron chi connectivity index (χ2n) is 10.1. The van der Waals surface area contributed by atoms with Gasteiger partial charge in [-0.2, -0.15) is 5.06 Å². The van der Waals surface area contributed by atoms with E-state index in [9.17, 15) is 14.8 Å². The van der Waals surface area contributed by atoms with E-state index < -0.39 is 17.7 Å². The number of rotatable bonds is 5. The van der Waals surface area contributed by atoms with Crippen LogP contribution in [0.15, 0.2) is 0 Å². The molecule has 0 spiro atoms. The Hall–Kier alpha value is -1.50. The molecule has 1 heterocycles. The fourth-order valence-corrected chi connectivity index (χ4v) is 5.38. The van der Waals surface area contributed by atoms with Crippen LogP contribution in [0.4, 0.5) is 9.59 Å². The maximum Gasteiger partial charge on any atom is 0.343 e. The zero-order valence-corrected chi connectivity index (χ0v) is 18.7. The zero-order valence-electron chi connectivity index (χ0n) is 18.7. The minimum Gasteiger partial charge on any atom is -0.333 e. The normalized spacial score (nSPS) is 26.3. The molecule has 0 radical (unpaired) electrons. The Morgan fingerprint density at radius 1 is 1.10 bits per heavy atom. The van der Waals surface area contributed by atoms with Gasteiger partial charge in [0.05, 0.1) is 5.54 Å². The minimum absolute atomic E-state index is 0.0508. The van der Waals surface area contributed by atoms with Crippen molar-refractivity contribution in [3.8, 4) is 0 Å². The Balaban J connectivity index is 1.83. The predicted molar refractivity (Wildman–Crippen MR) is 113 cm³/mol. The van der Waals surface area contributed by atoms with E-state index in [1.807, 2.05) is 23.6 Å². The molecule has 1 aliphatic heterocycles. The molecule has 166 valence electrons. The van der Waals surface area contributed by atoms with Crippen LogP contribution in [0.25, 0.3) is 0 Å². The highest BCUT2D eigenvalue weighted by Crippen LogP contribution is 2.39. The van der Waals surface area contributed by atoms with Gasteiger partial charge in [-0.3, -0.25) is 10.1 Å². The maximum absolute atomic E-state index is 13.5. The van der Waals surface area contributed by atoms with Crippen molar-refractivity contribution in [3.63, 3.8) is 0 Å². The molecule has 0 aromatic heterocycles. The number of carbonyl (C=O) groups is 2. The average molecular weight is 409 g/mol. The Morgan fingerprint density at radius 2 is 1.66 bits per heavy atom. The summed E-state index contributed by atoms with van der Waals surface area (Å²) in [6.45, 7) is 8.74. The molecule has 3 rings (SSSR count). The lowest BCUT2D eigenvalue weighted by atomic mass is 9.92. The van der Waals surface area contributed by atoms with Crippen molar-refractivity contribution in [2.45, 2.75) is 116 Å². The Kier molecular flexibility index (Phi) is 6.97. The van der Waals surface area contributed by atoms with Crippen molar-refractivity contribution < 1.29 is 14.8 Å². The van der Waals surface area contributed by atoms with Crippen LogP contribution in [0.1, 0.15) is 91.9 Å². The van der Waals surface area contributed by atoms with E-state index in [1.165, 1.54) is 12.8 Å². The third-order valence-electron chi connectivity index (χ3n) is 6.93. The van der Waals surface area contributed by atoms with Crippen LogP contribution < -0.4 is 5.32 Å². The molecule has 2 N–H and O–H groups in total. The van der Waals surface area contributed by atoms with E-state index in [-0.39, 0.29) is 18.1 Å². The van der Waals surface area contributed by atoms with Gasteiger partial charge in [-0.05, 0) is 45.4 Å². The summed E-state index contributed by atoms with van der Waals surface area (Å²) in [5, 5.41) is 14.9. The number of hydrogen-bond donors (Lipinski definition) is 2. The molecule has 0 aromatic rings. The molecule has 2 aliphatic carbocycles. The first-order valence-corrected chi connectivity index (χ1v) is 11.6. The van der Waals surface area contributed by atoms with Crippen LogP contribution in [0.2, 0.25) is 0 Å². The SMILES string of the molecule is CC(C)CN1C(=O)N(C2CCCCC2)C(N(O)C(=O)NC2CCCCC2)C1(C)C. The predicted octanol–water partition coefficient (Wildman–Crippen LogP) is 4.55. The van der Waals surface area contributed by atoms with Gasteiger partial charge in [0.25, 0.3) is 0 Å². The summed E-state index contributed by atoms with van der Waals surface area (Å²) in [4.78, 5) is 30.1. The van der Waals surface area contributed by atoms with Crippen LogP contribution in [-0.4, -0.2) is 62.5 Å².